The molecule has 0 bridgehead atoms. The van der Waals surface area contributed by atoms with E-state index in [2.05, 4.69) is 0 Å². The molecule has 0 unspecified atom stereocenters. The SMILES string of the molecule is C/C(O)=C/C(=[OH+])c1cccc([N+](=O)[O-])c1.C/C(O)=C/C(=[OH+])c1cccc([N+](=O)[O-])c1.[Ti]. The van der Waals surface area contributed by atoms with Gasteiger partial charge in [0, 0.05) is 46.0 Å². The third-order valence-corrected chi connectivity index (χ3v) is 3.40. The van der Waals surface area contributed by atoms with Crippen LogP contribution in [0.15, 0.2) is 72.2 Å². The second-order valence-electron chi connectivity index (χ2n) is 5.96. The summed E-state index contributed by atoms with van der Waals surface area (Å²) in [7, 11) is 0. The van der Waals surface area contributed by atoms with E-state index in [0.717, 1.165) is 12.2 Å². The number of allylic oxidation sites excluding steroid dienone is 4. The minimum absolute atomic E-state index is 0. The van der Waals surface area contributed by atoms with Gasteiger partial charge in [-0.3, -0.25) is 29.8 Å². The summed E-state index contributed by atoms with van der Waals surface area (Å²) in [5.41, 5.74) is 0.362. The van der Waals surface area contributed by atoms with Gasteiger partial charge in [0.25, 0.3) is 11.4 Å². The summed E-state index contributed by atoms with van der Waals surface area (Å²) in [5.74, 6) is -0.560. The molecule has 10 nitrogen and oxygen atoms in total. The summed E-state index contributed by atoms with van der Waals surface area (Å²) in [6, 6.07) is 11.1. The third-order valence-electron chi connectivity index (χ3n) is 3.40. The van der Waals surface area contributed by atoms with Crippen LogP contribution >= 0.6 is 0 Å². The van der Waals surface area contributed by atoms with Crippen LogP contribution in [0, 0.1) is 20.2 Å². The smallest absolute Gasteiger partial charge is 0.350 e. The quantitative estimate of drug-likeness (QED) is 0.125. The van der Waals surface area contributed by atoms with E-state index in [0.29, 0.717) is 0 Å². The minimum Gasteiger partial charge on any atom is -0.512 e. The maximum atomic E-state index is 10.4. The maximum absolute atomic E-state index is 10.4. The molecule has 2 aromatic rings. The van der Waals surface area contributed by atoms with E-state index < -0.39 is 9.85 Å². The Kier molecular flexibility index (Phi) is 11.3. The molecule has 0 saturated carbocycles. The number of carbonyl (C=O) groups excluding carboxylic acids is 2. The van der Waals surface area contributed by atoms with Crippen LogP contribution in [-0.2, 0) is 21.7 Å². The number of nitrogens with zero attached hydrogens (tertiary/aromatic N) is 2. The molecule has 160 valence electrons. The molecule has 0 saturated heterocycles. The molecule has 0 fully saturated rings. The predicted octanol–water partition coefficient (Wildman–Crippen LogP) is 3.90. The first-order valence-corrected chi connectivity index (χ1v) is 8.37. The molecule has 2 rings (SSSR count). The fourth-order valence-electron chi connectivity index (χ4n) is 2.12. The number of non-ortho nitro benzene ring substituents is 2. The van der Waals surface area contributed by atoms with Crippen molar-refractivity contribution in [3.8, 4) is 0 Å². The summed E-state index contributed by atoms with van der Waals surface area (Å²) < 4.78 is 0. The molecular weight excluding hydrogens is 444 g/mol. The molecule has 0 radical (unpaired) electrons. The molecule has 0 atom stereocenters. The van der Waals surface area contributed by atoms with Gasteiger partial charge in [0.05, 0.1) is 44.6 Å². The van der Waals surface area contributed by atoms with Gasteiger partial charge in [-0.25, -0.2) is 0 Å². The van der Waals surface area contributed by atoms with Crippen LogP contribution in [0.4, 0.5) is 11.4 Å². The van der Waals surface area contributed by atoms with Crippen molar-refractivity contribution in [2.75, 3.05) is 0 Å². The van der Waals surface area contributed by atoms with Gasteiger partial charge in [0.1, 0.15) is 0 Å². The van der Waals surface area contributed by atoms with Gasteiger partial charge >= 0.3 is 11.6 Å². The molecule has 0 aromatic heterocycles. The van der Waals surface area contributed by atoms with Crippen molar-refractivity contribution in [2.24, 2.45) is 0 Å². The molecule has 4 N–H and O–H groups in total. The van der Waals surface area contributed by atoms with E-state index >= 15 is 0 Å². The number of benzene rings is 2. The average molecular weight is 464 g/mol. The standard InChI is InChI=1S/2C10H9NO4.Ti/c2*1-7(12)5-10(13)8-3-2-4-9(6-8)11(14)15;/h2*2-6,12H,1H3;/p+2/b2*7-5-;. The van der Waals surface area contributed by atoms with E-state index in [1.165, 1.54) is 62.4 Å². The fourth-order valence-corrected chi connectivity index (χ4v) is 2.12. The summed E-state index contributed by atoms with van der Waals surface area (Å²) in [6.45, 7) is 2.79. The molecule has 0 spiro atoms. The van der Waals surface area contributed by atoms with E-state index in [-0.39, 0.29) is 67.3 Å². The number of aliphatic hydroxyl groups is 2. The number of rotatable bonds is 6. The van der Waals surface area contributed by atoms with Crippen LogP contribution in [0.25, 0.3) is 0 Å². The zero-order chi connectivity index (χ0) is 22.8. The van der Waals surface area contributed by atoms with Crippen LogP contribution in [0.1, 0.15) is 25.0 Å². The number of nitro benzene ring substituents is 2. The third kappa shape index (κ3) is 9.61. The first-order chi connectivity index (χ1) is 14.0. The molecule has 2 aromatic carbocycles. The normalized spacial score (nSPS) is 10.8. The van der Waals surface area contributed by atoms with Crippen molar-refractivity contribution < 1.29 is 51.4 Å². The van der Waals surface area contributed by atoms with E-state index in [4.69, 9.17) is 10.2 Å². The van der Waals surface area contributed by atoms with Crippen LogP contribution in [0.5, 0.6) is 0 Å². The minimum atomic E-state index is -0.549. The maximum Gasteiger partial charge on any atom is 0.350 e. The average Bonchev–Trinajstić information content (AvgIpc) is 2.67. The first kappa shape index (κ1) is 27.4. The zero-order valence-electron chi connectivity index (χ0n) is 16.6. The van der Waals surface area contributed by atoms with E-state index in [1.54, 1.807) is 0 Å². The van der Waals surface area contributed by atoms with Crippen molar-refractivity contribution in [1.82, 2.24) is 0 Å². The van der Waals surface area contributed by atoms with Gasteiger partial charge < -0.3 is 10.2 Å². The van der Waals surface area contributed by atoms with Gasteiger partial charge in [-0.1, -0.05) is 12.1 Å². The molecule has 31 heavy (non-hydrogen) atoms. The Morgan fingerprint density at radius 3 is 1.39 bits per heavy atom. The number of hydrogen-bond acceptors (Lipinski definition) is 6. The molecule has 11 heteroatoms. The van der Waals surface area contributed by atoms with Crippen LogP contribution in [-0.4, -0.2) is 41.2 Å². The van der Waals surface area contributed by atoms with E-state index in [1.807, 2.05) is 0 Å². The van der Waals surface area contributed by atoms with Gasteiger partial charge in [0.15, 0.2) is 0 Å². The summed E-state index contributed by atoms with van der Waals surface area (Å²) >= 11 is 0. The molecule has 0 amide bonds. The van der Waals surface area contributed by atoms with Crippen LogP contribution < -0.4 is 0 Å². The largest absolute Gasteiger partial charge is 0.512 e. The number of ketones is 2. The van der Waals surface area contributed by atoms with Gasteiger partial charge in [0.2, 0.25) is 0 Å². The van der Waals surface area contributed by atoms with Crippen molar-refractivity contribution >= 4 is 22.9 Å². The van der Waals surface area contributed by atoms with Crippen LogP contribution in [0.2, 0.25) is 0 Å². The zero-order valence-corrected chi connectivity index (χ0v) is 18.2. The van der Waals surface area contributed by atoms with Gasteiger partial charge in [-0.2, -0.15) is 0 Å². The van der Waals surface area contributed by atoms with Gasteiger partial charge in [-0.05, 0) is 26.0 Å². The summed E-state index contributed by atoms with van der Waals surface area (Å²) in [4.78, 5) is 38.7. The fraction of sp³-hybridized carbons (Fsp3) is 0.100. The summed E-state index contributed by atoms with van der Waals surface area (Å²) in [5, 5.41) is 38.7. The Morgan fingerprint density at radius 1 is 0.806 bits per heavy atom. The second kappa shape index (κ2) is 12.8. The van der Waals surface area contributed by atoms with Gasteiger partial charge in [-0.15, -0.1) is 0 Å². The number of hydrogen-bond donors (Lipinski definition) is 2. The molecular formula is C20H20N2O8Ti+2. The topological polar surface area (TPSA) is 170 Å². The molecule has 0 aliphatic heterocycles. The Hall–Kier alpha value is -3.63. The van der Waals surface area contributed by atoms with Crippen LogP contribution in [0.3, 0.4) is 0 Å². The Bertz CT molecular complexity index is 955. The number of aliphatic hydroxyl groups excluding tert-OH is 2. The van der Waals surface area contributed by atoms with Crippen molar-refractivity contribution in [1.29, 1.82) is 0 Å². The molecule has 0 heterocycles. The Labute approximate surface area is 191 Å². The Morgan fingerprint density at radius 2 is 1.13 bits per heavy atom. The Balaban J connectivity index is 0.000000562. The first-order valence-electron chi connectivity index (χ1n) is 8.37. The van der Waals surface area contributed by atoms with Crippen molar-refractivity contribution in [3.63, 3.8) is 0 Å². The predicted molar refractivity (Wildman–Crippen MR) is 111 cm³/mol. The molecule has 0 aliphatic carbocycles. The molecule has 0 aliphatic rings. The second-order valence-corrected chi connectivity index (χ2v) is 5.96. The van der Waals surface area contributed by atoms with E-state index in [9.17, 15) is 29.8 Å². The monoisotopic (exact) mass is 464 g/mol. The van der Waals surface area contributed by atoms with Crippen molar-refractivity contribution in [2.45, 2.75) is 13.8 Å². The van der Waals surface area contributed by atoms with Crippen molar-refractivity contribution in [3.05, 3.63) is 104 Å². The number of nitro groups is 2. The summed E-state index contributed by atoms with van der Waals surface area (Å²) in [6.07, 6.45) is 2.25.